The Bertz CT molecular complexity index is 3020. The van der Waals surface area contributed by atoms with Gasteiger partial charge in [-0.2, -0.15) is 0 Å². The highest BCUT2D eigenvalue weighted by molar-refractivity contribution is 6.06. The number of fused-ring (bicyclic) bond motifs is 11. The molecule has 284 valence electrons. The molecular weight excluding hydrogens is 721 g/mol. The second kappa shape index (κ2) is 13.9. The van der Waals surface area contributed by atoms with Crippen molar-refractivity contribution in [3.05, 3.63) is 215 Å². The average Bonchev–Trinajstić information content (AvgIpc) is 3.87. The van der Waals surface area contributed by atoms with Crippen LogP contribution >= 0.6 is 0 Å². The molecule has 3 aliphatic rings. The maximum atomic E-state index is 7.26. The van der Waals surface area contributed by atoms with Gasteiger partial charge in [-0.25, -0.2) is 0 Å². The lowest BCUT2D eigenvalue weighted by Crippen LogP contribution is -2.76. The Morgan fingerprint density at radius 3 is 2.22 bits per heavy atom. The number of rotatable bonds is 8. The highest BCUT2D eigenvalue weighted by atomic mass is 15.1. The van der Waals surface area contributed by atoms with Crippen molar-refractivity contribution in [1.82, 2.24) is 14.9 Å². The molecular formula is C53H43N6+. The maximum absolute atomic E-state index is 7.26. The van der Waals surface area contributed by atoms with Crippen molar-refractivity contribution < 1.29 is 5.32 Å². The van der Waals surface area contributed by atoms with Crippen molar-refractivity contribution >= 4 is 45.6 Å². The summed E-state index contributed by atoms with van der Waals surface area (Å²) >= 11 is 0. The molecule has 0 saturated heterocycles. The Labute approximate surface area is 344 Å². The van der Waals surface area contributed by atoms with Gasteiger partial charge >= 0.3 is 0 Å². The molecule has 2 aromatic heterocycles. The molecule has 6 aromatic carbocycles. The van der Waals surface area contributed by atoms with Gasteiger partial charge < -0.3 is 21.7 Å². The molecule has 59 heavy (non-hydrogen) atoms. The number of nitrogen functional groups attached to an aromatic ring is 1. The molecule has 3 heterocycles. The number of anilines is 3. The van der Waals surface area contributed by atoms with Gasteiger partial charge in [0.05, 0.1) is 16.4 Å². The van der Waals surface area contributed by atoms with Crippen molar-refractivity contribution in [2.45, 2.75) is 18.9 Å². The minimum absolute atomic E-state index is 0.511. The third kappa shape index (κ3) is 5.34. The Balaban J connectivity index is 0.992. The molecule has 0 radical (unpaired) electrons. The second-order valence-electron chi connectivity index (χ2n) is 15.6. The number of quaternary nitrogens is 1. The van der Waals surface area contributed by atoms with Gasteiger partial charge in [-0.15, -0.1) is 0 Å². The molecule has 11 rings (SSSR count). The van der Waals surface area contributed by atoms with Crippen molar-refractivity contribution in [3.8, 4) is 27.9 Å². The summed E-state index contributed by atoms with van der Waals surface area (Å²) in [5.74, 6) is 0.678. The molecule has 0 fully saturated rings. The monoisotopic (exact) mass is 763 g/mol. The van der Waals surface area contributed by atoms with Crippen molar-refractivity contribution in [3.63, 3.8) is 0 Å². The van der Waals surface area contributed by atoms with E-state index in [0.29, 0.717) is 5.82 Å². The minimum Gasteiger partial charge on any atom is -0.387 e. The van der Waals surface area contributed by atoms with E-state index in [9.17, 15) is 0 Å². The first kappa shape index (κ1) is 34.8. The SMILES string of the molecule is CC=Cc1c(N)n(-c2ccc(-c3ccc(Nc4ccccc4[NH2+]Cc4ccccc4)cc3)cc2)c2c3c(cnc12)-c1ccccc1C31C2=C(C=CNC2)c2ccccc21. The van der Waals surface area contributed by atoms with Crippen molar-refractivity contribution in [2.75, 3.05) is 17.6 Å². The van der Waals surface area contributed by atoms with E-state index in [2.05, 4.69) is 203 Å². The summed E-state index contributed by atoms with van der Waals surface area (Å²) < 4.78 is 2.25. The number of para-hydroxylation sites is 2. The number of nitrogens with two attached hydrogens (primary N) is 2. The topological polar surface area (TPSA) is 84.5 Å². The second-order valence-corrected chi connectivity index (χ2v) is 15.6. The van der Waals surface area contributed by atoms with Crippen LogP contribution in [0.4, 0.5) is 22.9 Å². The number of dihydropyridines is 1. The largest absolute Gasteiger partial charge is 0.387 e. The Morgan fingerprint density at radius 1 is 0.763 bits per heavy atom. The maximum Gasteiger partial charge on any atom is 0.153 e. The number of allylic oxidation sites excluding steroid dienone is 3. The molecule has 1 spiro atoms. The summed E-state index contributed by atoms with van der Waals surface area (Å²) in [6.07, 6.45) is 10.6. The molecule has 0 amide bonds. The van der Waals surface area contributed by atoms with Crippen LogP contribution in [0.25, 0.3) is 50.6 Å². The van der Waals surface area contributed by atoms with Gasteiger partial charge in [-0.1, -0.05) is 127 Å². The van der Waals surface area contributed by atoms with Crippen LogP contribution in [-0.4, -0.2) is 16.1 Å². The zero-order chi connectivity index (χ0) is 39.5. The first-order valence-electron chi connectivity index (χ1n) is 20.4. The van der Waals surface area contributed by atoms with E-state index in [0.717, 1.165) is 63.4 Å². The summed E-state index contributed by atoms with van der Waals surface area (Å²) in [5, 5.41) is 9.52. The van der Waals surface area contributed by atoms with Crippen LogP contribution in [0, 0.1) is 0 Å². The molecule has 1 aliphatic heterocycles. The predicted octanol–water partition coefficient (Wildman–Crippen LogP) is 10.6. The normalized spacial score (nSPS) is 16.0. The molecule has 2 aliphatic carbocycles. The quantitative estimate of drug-likeness (QED) is 0.116. The highest BCUT2D eigenvalue weighted by Gasteiger charge is 2.54. The number of pyridine rings is 1. The molecule has 1 unspecified atom stereocenters. The number of benzene rings is 6. The van der Waals surface area contributed by atoms with Crippen LogP contribution in [0.3, 0.4) is 0 Å². The van der Waals surface area contributed by atoms with Crippen molar-refractivity contribution in [2.24, 2.45) is 0 Å². The van der Waals surface area contributed by atoms with E-state index in [-0.39, 0.29) is 0 Å². The van der Waals surface area contributed by atoms with Gasteiger partial charge in [0.25, 0.3) is 0 Å². The molecule has 6 N–H and O–H groups in total. The summed E-state index contributed by atoms with van der Waals surface area (Å²) in [4.78, 5) is 5.22. The lowest BCUT2D eigenvalue weighted by Gasteiger charge is -2.34. The third-order valence-electron chi connectivity index (χ3n) is 12.4. The molecule has 1 atom stereocenters. The predicted molar refractivity (Wildman–Crippen MR) is 243 cm³/mol. The molecule has 6 heteroatoms. The fraction of sp³-hybridized carbons (Fsp3) is 0.0755. The summed E-state index contributed by atoms with van der Waals surface area (Å²) in [6.45, 7) is 3.67. The van der Waals surface area contributed by atoms with Crippen molar-refractivity contribution in [1.29, 1.82) is 0 Å². The summed E-state index contributed by atoms with van der Waals surface area (Å²) in [7, 11) is 0. The smallest absolute Gasteiger partial charge is 0.153 e. The number of nitrogens with zero attached hydrogens (tertiary/aromatic N) is 2. The van der Waals surface area contributed by atoms with E-state index in [1.807, 2.05) is 6.92 Å². The van der Waals surface area contributed by atoms with Gasteiger partial charge in [0.2, 0.25) is 0 Å². The van der Waals surface area contributed by atoms with Crippen LogP contribution < -0.4 is 21.7 Å². The molecule has 8 aromatic rings. The van der Waals surface area contributed by atoms with Crippen LogP contribution in [0.1, 0.15) is 40.3 Å². The van der Waals surface area contributed by atoms with Gasteiger partial charge in [0.15, 0.2) is 5.69 Å². The van der Waals surface area contributed by atoms with Crippen LogP contribution in [0.15, 0.2) is 182 Å². The lowest BCUT2D eigenvalue weighted by molar-refractivity contribution is -0.587. The van der Waals surface area contributed by atoms with E-state index in [1.165, 1.54) is 50.2 Å². The zero-order valence-corrected chi connectivity index (χ0v) is 32.8. The fourth-order valence-electron chi connectivity index (χ4n) is 9.86. The minimum atomic E-state index is -0.511. The summed E-state index contributed by atoms with van der Waals surface area (Å²) in [6, 6.07) is 54.3. The van der Waals surface area contributed by atoms with Gasteiger partial charge in [-0.3, -0.25) is 9.55 Å². The Morgan fingerprint density at radius 2 is 1.44 bits per heavy atom. The number of aromatic nitrogens is 2. The first-order valence-corrected chi connectivity index (χ1v) is 20.4. The highest BCUT2D eigenvalue weighted by Crippen LogP contribution is 2.63. The molecule has 0 bridgehead atoms. The summed E-state index contributed by atoms with van der Waals surface area (Å²) in [5.41, 5.74) is 27.7. The zero-order valence-electron chi connectivity index (χ0n) is 32.8. The van der Waals surface area contributed by atoms with Gasteiger partial charge in [0.1, 0.15) is 18.1 Å². The average molecular weight is 764 g/mol. The lowest BCUT2D eigenvalue weighted by atomic mass is 9.69. The van der Waals surface area contributed by atoms with Crippen LogP contribution in [0.5, 0.6) is 0 Å². The molecule has 6 nitrogen and oxygen atoms in total. The van der Waals surface area contributed by atoms with E-state index in [1.54, 1.807) is 0 Å². The van der Waals surface area contributed by atoms with Crippen LogP contribution in [0.2, 0.25) is 0 Å². The molecule has 0 saturated carbocycles. The number of hydrogen-bond acceptors (Lipinski definition) is 4. The first-order chi connectivity index (χ1) is 29.1. The van der Waals surface area contributed by atoms with Gasteiger partial charge in [0, 0.05) is 52.4 Å². The fourth-order valence-corrected chi connectivity index (χ4v) is 9.86. The Hall–Kier alpha value is -7.41. The standard InChI is InChI=1S/C53H42N6/c1-2-12-42-50-51(49-43(32-57-50)40-16-7-9-18-45(40)53(49)44-17-8-6-15-39(44)41-29-30-55-33-46(41)53)59(52(42)54)38-27-23-36(24-28-38)35-21-25-37(26-22-35)58-48-20-11-10-19-47(48)56-31-34-13-4-3-5-14-34/h2-30,32,55-56,58H,31,33,54H2,1H3/p+1. The van der Waals surface area contributed by atoms with E-state index in [4.69, 9.17) is 10.7 Å². The van der Waals surface area contributed by atoms with Crippen LogP contribution in [-0.2, 0) is 12.0 Å². The van der Waals surface area contributed by atoms with E-state index >= 15 is 0 Å². The number of nitrogens with one attached hydrogen (secondary N) is 2. The third-order valence-corrected chi connectivity index (χ3v) is 12.4. The van der Waals surface area contributed by atoms with Gasteiger partial charge in [-0.05, 0) is 94.1 Å². The number of hydrogen-bond donors (Lipinski definition) is 4. The Kier molecular flexibility index (Phi) is 8.20. The van der Waals surface area contributed by atoms with E-state index < -0.39 is 5.41 Å².